The van der Waals surface area contributed by atoms with E-state index >= 15 is 0 Å². The predicted molar refractivity (Wildman–Crippen MR) is 108 cm³/mol. The number of aromatic amines is 1. The lowest BCUT2D eigenvalue weighted by Gasteiger charge is -2.08. The van der Waals surface area contributed by atoms with Crippen molar-refractivity contribution >= 4 is 28.6 Å². The lowest BCUT2D eigenvalue weighted by Crippen LogP contribution is -2.15. The third-order valence-corrected chi connectivity index (χ3v) is 5.24. The molecule has 0 aliphatic rings. The normalized spacial score (nSPS) is 11.2. The standard InChI is InChI=1S/C19H18N6O3S/c20-15(26)7-9-25-17(14-6-3-10-28-14)23-24-19(25)29-11-8-16-21-13-5-2-1-4-12(13)18(27)22-16/h1-6,10H,7-9,11H2,(H2,20,26)(H,21,22,27). The maximum absolute atomic E-state index is 12.2. The summed E-state index contributed by atoms with van der Waals surface area (Å²) in [6.45, 7) is 0.353. The van der Waals surface area contributed by atoms with Gasteiger partial charge in [0.1, 0.15) is 5.82 Å². The van der Waals surface area contributed by atoms with E-state index in [1.54, 1.807) is 24.5 Å². The molecule has 0 aliphatic heterocycles. The van der Waals surface area contributed by atoms with E-state index in [9.17, 15) is 9.59 Å². The molecule has 3 heterocycles. The third-order valence-electron chi connectivity index (χ3n) is 4.27. The highest BCUT2D eigenvalue weighted by molar-refractivity contribution is 7.99. The van der Waals surface area contributed by atoms with Crippen LogP contribution in [0.25, 0.3) is 22.5 Å². The van der Waals surface area contributed by atoms with Crippen molar-refractivity contribution in [1.29, 1.82) is 0 Å². The zero-order valence-corrected chi connectivity index (χ0v) is 16.2. The molecule has 0 radical (unpaired) electrons. The summed E-state index contributed by atoms with van der Waals surface area (Å²) in [4.78, 5) is 30.8. The van der Waals surface area contributed by atoms with Crippen LogP contribution < -0.4 is 11.3 Å². The van der Waals surface area contributed by atoms with Gasteiger partial charge in [-0.25, -0.2) is 4.98 Å². The highest BCUT2D eigenvalue weighted by Crippen LogP contribution is 2.25. The first-order valence-corrected chi connectivity index (χ1v) is 9.96. The summed E-state index contributed by atoms with van der Waals surface area (Å²) < 4.78 is 7.22. The van der Waals surface area contributed by atoms with Crippen molar-refractivity contribution in [2.45, 2.75) is 24.5 Å². The van der Waals surface area contributed by atoms with Crippen LogP contribution in [0.1, 0.15) is 12.2 Å². The van der Waals surface area contributed by atoms with E-state index in [1.165, 1.54) is 11.8 Å². The predicted octanol–water partition coefficient (Wildman–Crippen LogP) is 1.98. The molecule has 0 unspecified atom stereocenters. The molecule has 4 rings (SSSR count). The van der Waals surface area contributed by atoms with E-state index in [2.05, 4.69) is 20.2 Å². The number of nitrogens with zero attached hydrogens (tertiary/aromatic N) is 4. The molecule has 0 saturated carbocycles. The highest BCUT2D eigenvalue weighted by Gasteiger charge is 2.17. The van der Waals surface area contributed by atoms with Gasteiger partial charge in [-0.3, -0.25) is 14.2 Å². The Hall–Kier alpha value is -3.40. The van der Waals surface area contributed by atoms with Crippen molar-refractivity contribution in [3.8, 4) is 11.6 Å². The van der Waals surface area contributed by atoms with E-state index in [0.717, 1.165) is 0 Å². The number of hydrogen-bond donors (Lipinski definition) is 2. The number of benzene rings is 1. The first-order chi connectivity index (χ1) is 14.1. The molecule has 0 saturated heterocycles. The molecule has 3 N–H and O–H groups in total. The molecule has 0 spiro atoms. The molecule has 9 nitrogen and oxygen atoms in total. The first kappa shape index (κ1) is 18.9. The summed E-state index contributed by atoms with van der Waals surface area (Å²) >= 11 is 1.46. The number of para-hydroxylation sites is 1. The number of hydrogen-bond acceptors (Lipinski definition) is 7. The summed E-state index contributed by atoms with van der Waals surface area (Å²) in [7, 11) is 0. The number of aryl methyl sites for hydroxylation is 1. The Morgan fingerprint density at radius 1 is 1.21 bits per heavy atom. The Balaban J connectivity index is 1.51. The van der Waals surface area contributed by atoms with Gasteiger partial charge >= 0.3 is 0 Å². The maximum Gasteiger partial charge on any atom is 0.258 e. The molecule has 0 bridgehead atoms. The van der Waals surface area contributed by atoms with Gasteiger partial charge in [0.05, 0.1) is 17.2 Å². The lowest BCUT2D eigenvalue weighted by atomic mass is 10.2. The van der Waals surface area contributed by atoms with E-state index in [0.29, 0.717) is 52.2 Å². The van der Waals surface area contributed by atoms with Gasteiger partial charge in [-0.15, -0.1) is 10.2 Å². The van der Waals surface area contributed by atoms with Crippen LogP contribution in [0.3, 0.4) is 0 Å². The fourth-order valence-electron chi connectivity index (χ4n) is 2.90. The molecular formula is C19H18N6O3S. The molecular weight excluding hydrogens is 392 g/mol. The largest absolute Gasteiger partial charge is 0.461 e. The Morgan fingerprint density at radius 3 is 2.86 bits per heavy atom. The fraction of sp³-hybridized carbons (Fsp3) is 0.211. The van der Waals surface area contributed by atoms with Crippen molar-refractivity contribution in [3.05, 3.63) is 58.8 Å². The minimum atomic E-state index is -0.405. The summed E-state index contributed by atoms with van der Waals surface area (Å²) in [5.74, 6) is 1.92. The van der Waals surface area contributed by atoms with Crippen molar-refractivity contribution in [2.24, 2.45) is 5.73 Å². The number of primary amides is 1. The Kier molecular flexibility index (Phi) is 5.43. The van der Waals surface area contributed by atoms with E-state index < -0.39 is 5.91 Å². The zero-order chi connectivity index (χ0) is 20.2. The van der Waals surface area contributed by atoms with Crippen LogP contribution in [0.4, 0.5) is 0 Å². The van der Waals surface area contributed by atoms with Crippen LogP contribution >= 0.6 is 11.8 Å². The van der Waals surface area contributed by atoms with E-state index in [-0.39, 0.29) is 12.0 Å². The van der Waals surface area contributed by atoms with Crippen LogP contribution in [0.2, 0.25) is 0 Å². The lowest BCUT2D eigenvalue weighted by molar-refractivity contribution is -0.118. The number of nitrogens with two attached hydrogens (primary N) is 1. The average molecular weight is 410 g/mol. The second-order valence-corrected chi connectivity index (χ2v) is 7.34. The SMILES string of the molecule is NC(=O)CCn1c(SCCc2nc3ccccc3c(=O)[nH]2)nnc1-c1ccco1. The molecule has 10 heteroatoms. The van der Waals surface area contributed by atoms with E-state index in [4.69, 9.17) is 10.2 Å². The van der Waals surface area contributed by atoms with Gasteiger partial charge < -0.3 is 15.1 Å². The minimum absolute atomic E-state index is 0.152. The Labute approximate surface area is 169 Å². The second kappa shape index (κ2) is 8.31. The topological polar surface area (TPSA) is 133 Å². The Bertz CT molecular complexity index is 1200. The smallest absolute Gasteiger partial charge is 0.258 e. The molecule has 3 aromatic heterocycles. The van der Waals surface area contributed by atoms with Gasteiger partial charge in [0.2, 0.25) is 5.91 Å². The molecule has 0 aliphatic carbocycles. The van der Waals surface area contributed by atoms with Gasteiger partial charge in [-0.2, -0.15) is 0 Å². The van der Waals surface area contributed by atoms with Crippen molar-refractivity contribution in [2.75, 3.05) is 5.75 Å². The maximum atomic E-state index is 12.2. The quantitative estimate of drug-likeness (QED) is 0.424. The summed E-state index contributed by atoms with van der Waals surface area (Å²) in [6.07, 6.45) is 2.26. The van der Waals surface area contributed by atoms with Gasteiger partial charge in [0.15, 0.2) is 16.7 Å². The van der Waals surface area contributed by atoms with Crippen LogP contribution in [0.5, 0.6) is 0 Å². The molecule has 0 atom stereocenters. The average Bonchev–Trinajstić information content (AvgIpc) is 3.36. The number of H-pyrrole nitrogens is 1. The van der Waals surface area contributed by atoms with Crippen molar-refractivity contribution < 1.29 is 9.21 Å². The van der Waals surface area contributed by atoms with Crippen LogP contribution in [-0.2, 0) is 17.8 Å². The second-order valence-electron chi connectivity index (χ2n) is 6.28. The number of fused-ring (bicyclic) bond motifs is 1. The number of carbonyl (C=O) groups excluding carboxylic acids is 1. The number of furan rings is 1. The third kappa shape index (κ3) is 4.21. The van der Waals surface area contributed by atoms with E-state index in [1.807, 2.05) is 22.8 Å². The Morgan fingerprint density at radius 2 is 2.07 bits per heavy atom. The number of amides is 1. The number of rotatable bonds is 8. The van der Waals surface area contributed by atoms with Crippen LogP contribution in [0.15, 0.2) is 57.0 Å². The number of aromatic nitrogens is 5. The monoisotopic (exact) mass is 410 g/mol. The number of nitrogens with one attached hydrogen (secondary N) is 1. The molecule has 1 aromatic carbocycles. The molecule has 148 valence electrons. The fourth-order valence-corrected chi connectivity index (χ4v) is 3.81. The van der Waals surface area contributed by atoms with Crippen LogP contribution in [-0.4, -0.2) is 36.4 Å². The summed E-state index contributed by atoms with van der Waals surface area (Å²) in [5, 5.41) is 9.62. The highest BCUT2D eigenvalue weighted by atomic mass is 32.2. The minimum Gasteiger partial charge on any atom is -0.461 e. The van der Waals surface area contributed by atoms with Gasteiger partial charge in [0.25, 0.3) is 5.56 Å². The molecule has 4 aromatic rings. The first-order valence-electron chi connectivity index (χ1n) is 8.98. The molecule has 1 amide bonds. The van der Waals surface area contributed by atoms with Gasteiger partial charge in [-0.1, -0.05) is 23.9 Å². The van der Waals surface area contributed by atoms with Crippen molar-refractivity contribution in [1.82, 2.24) is 24.7 Å². The molecule has 29 heavy (non-hydrogen) atoms. The zero-order valence-electron chi connectivity index (χ0n) is 15.4. The van der Waals surface area contributed by atoms with Crippen molar-refractivity contribution in [3.63, 3.8) is 0 Å². The summed E-state index contributed by atoms with van der Waals surface area (Å²) in [6, 6.07) is 10.8. The number of carbonyl (C=O) groups is 1. The van der Waals surface area contributed by atoms with Gasteiger partial charge in [0, 0.05) is 25.1 Å². The molecule has 0 fully saturated rings. The van der Waals surface area contributed by atoms with Crippen LogP contribution in [0, 0.1) is 0 Å². The van der Waals surface area contributed by atoms with Gasteiger partial charge in [-0.05, 0) is 24.3 Å². The summed E-state index contributed by atoms with van der Waals surface area (Å²) in [5.41, 5.74) is 5.81. The number of thioether (sulfide) groups is 1.